The highest BCUT2D eigenvalue weighted by atomic mass is 16.5. The average molecular weight is 286 g/mol. The lowest BCUT2D eigenvalue weighted by Crippen LogP contribution is -2.40. The zero-order chi connectivity index (χ0) is 14.6. The maximum atomic E-state index is 5.41. The van der Waals surface area contributed by atoms with E-state index in [4.69, 9.17) is 9.47 Å². The Labute approximate surface area is 122 Å². The van der Waals surface area contributed by atoms with Crippen molar-refractivity contribution in [3.05, 3.63) is 0 Å². The van der Waals surface area contributed by atoms with E-state index in [9.17, 15) is 0 Å². The smallest absolute Gasteiger partial charge is 0.190 e. The molecule has 20 heavy (non-hydrogen) atoms. The van der Waals surface area contributed by atoms with Crippen LogP contribution >= 0.6 is 0 Å². The summed E-state index contributed by atoms with van der Waals surface area (Å²) in [4.78, 5) is 6.61. The van der Waals surface area contributed by atoms with Crippen LogP contribution in [-0.2, 0) is 9.47 Å². The molecule has 0 amide bonds. The van der Waals surface area contributed by atoms with E-state index in [1.165, 1.54) is 19.5 Å². The Balaban J connectivity index is 1.99. The van der Waals surface area contributed by atoms with E-state index in [1.807, 2.05) is 7.05 Å². The van der Waals surface area contributed by atoms with Crippen molar-refractivity contribution in [3.8, 4) is 0 Å². The number of aliphatic imine (C=N–C) groups is 1. The van der Waals surface area contributed by atoms with Crippen molar-refractivity contribution >= 4 is 5.96 Å². The van der Waals surface area contributed by atoms with Crippen molar-refractivity contribution in [2.45, 2.75) is 12.8 Å². The van der Waals surface area contributed by atoms with Crippen LogP contribution in [0.2, 0.25) is 0 Å². The summed E-state index contributed by atoms with van der Waals surface area (Å²) >= 11 is 0. The quantitative estimate of drug-likeness (QED) is 0.359. The molecule has 0 bridgehead atoms. The van der Waals surface area contributed by atoms with Crippen molar-refractivity contribution in [1.82, 2.24) is 15.5 Å². The van der Waals surface area contributed by atoms with Gasteiger partial charge in [0.1, 0.15) is 0 Å². The summed E-state index contributed by atoms with van der Waals surface area (Å²) < 4.78 is 10.3. The highest BCUT2D eigenvalue weighted by Gasteiger charge is 2.19. The molecule has 6 nitrogen and oxygen atoms in total. The average Bonchev–Trinajstić information content (AvgIpc) is 2.87. The van der Waals surface area contributed by atoms with Gasteiger partial charge in [-0.25, -0.2) is 0 Å². The number of hydrogen-bond acceptors (Lipinski definition) is 4. The molecule has 1 saturated heterocycles. The summed E-state index contributed by atoms with van der Waals surface area (Å²) in [7, 11) is 5.67. The van der Waals surface area contributed by atoms with Crippen LogP contribution in [0.4, 0.5) is 0 Å². The van der Waals surface area contributed by atoms with E-state index in [-0.39, 0.29) is 0 Å². The molecule has 6 heteroatoms. The first-order valence-electron chi connectivity index (χ1n) is 7.46. The summed E-state index contributed by atoms with van der Waals surface area (Å²) in [5, 5.41) is 6.70. The summed E-state index contributed by atoms with van der Waals surface area (Å²) in [5.74, 6) is 1.62. The minimum absolute atomic E-state index is 0.659. The van der Waals surface area contributed by atoms with Crippen LogP contribution in [0.15, 0.2) is 4.99 Å². The SMILES string of the molecule is CN=C(NCCCOCCOC)NCC1CCN(C)C1. The summed E-state index contributed by atoms with van der Waals surface area (Å²) in [6.07, 6.45) is 2.24. The van der Waals surface area contributed by atoms with Crippen LogP contribution < -0.4 is 10.6 Å². The molecule has 0 aromatic heterocycles. The molecule has 0 spiro atoms. The first-order valence-corrected chi connectivity index (χ1v) is 7.46. The van der Waals surface area contributed by atoms with Crippen molar-refractivity contribution in [2.75, 3.05) is 67.2 Å². The van der Waals surface area contributed by atoms with Gasteiger partial charge in [0, 0.05) is 40.4 Å². The minimum atomic E-state index is 0.659. The topological polar surface area (TPSA) is 58.1 Å². The second-order valence-corrected chi connectivity index (χ2v) is 5.26. The van der Waals surface area contributed by atoms with E-state index >= 15 is 0 Å². The molecule has 1 aliphatic heterocycles. The fourth-order valence-corrected chi connectivity index (χ4v) is 2.28. The van der Waals surface area contributed by atoms with Crippen molar-refractivity contribution in [2.24, 2.45) is 10.9 Å². The number of ether oxygens (including phenoxy) is 2. The highest BCUT2D eigenvalue weighted by molar-refractivity contribution is 5.79. The number of rotatable bonds is 9. The van der Waals surface area contributed by atoms with Crippen LogP contribution in [0.1, 0.15) is 12.8 Å². The lowest BCUT2D eigenvalue weighted by molar-refractivity contribution is 0.0698. The summed E-state index contributed by atoms with van der Waals surface area (Å²) in [5.41, 5.74) is 0. The van der Waals surface area contributed by atoms with Gasteiger partial charge in [-0.05, 0) is 32.4 Å². The van der Waals surface area contributed by atoms with Gasteiger partial charge in [-0.15, -0.1) is 0 Å². The Morgan fingerprint density at radius 2 is 2.15 bits per heavy atom. The number of nitrogens with one attached hydrogen (secondary N) is 2. The minimum Gasteiger partial charge on any atom is -0.382 e. The van der Waals surface area contributed by atoms with E-state index in [1.54, 1.807) is 7.11 Å². The van der Waals surface area contributed by atoms with E-state index < -0.39 is 0 Å². The van der Waals surface area contributed by atoms with Gasteiger partial charge in [-0.3, -0.25) is 4.99 Å². The lowest BCUT2D eigenvalue weighted by atomic mass is 10.1. The van der Waals surface area contributed by atoms with Gasteiger partial charge >= 0.3 is 0 Å². The third-order valence-corrected chi connectivity index (χ3v) is 3.46. The summed E-state index contributed by atoms with van der Waals surface area (Å²) in [6.45, 7) is 6.33. The van der Waals surface area contributed by atoms with Crippen LogP contribution in [0, 0.1) is 5.92 Å². The van der Waals surface area contributed by atoms with E-state index in [2.05, 4.69) is 27.6 Å². The Bertz CT molecular complexity index is 274. The highest BCUT2D eigenvalue weighted by Crippen LogP contribution is 2.12. The van der Waals surface area contributed by atoms with Crippen LogP contribution in [0.3, 0.4) is 0 Å². The van der Waals surface area contributed by atoms with Gasteiger partial charge < -0.3 is 25.0 Å². The number of guanidine groups is 1. The zero-order valence-electron chi connectivity index (χ0n) is 13.2. The number of hydrogen-bond donors (Lipinski definition) is 2. The lowest BCUT2D eigenvalue weighted by Gasteiger charge is -2.15. The number of nitrogens with zero attached hydrogens (tertiary/aromatic N) is 2. The van der Waals surface area contributed by atoms with E-state index in [0.717, 1.165) is 38.0 Å². The largest absolute Gasteiger partial charge is 0.382 e. The maximum Gasteiger partial charge on any atom is 0.190 e. The molecular weight excluding hydrogens is 256 g/mol. The summed E-state index contributed by atoms with van der Waals surface area (Å²) in [6, 6.07) is 0. The molecule has 1 atom stereocenters. The van der Waals surface area contributed by atoms with Gasteiger partial charge in [-0.2, -0.15) is 0 Å². The predicted molar refractivity (Wildman–Crippen MR) is 82.3 cm³/mol. The molecule has 118 valence electrons. The van der Waals surface area contributed by atoms with Crippen molar-refractivity contribution in [3.63, 3.8) is 0 Å². The third kappa shape index (κ3) is 7.67. The second-order valence-electron chi connectivity index (χ2n) is 5.26. The van der Waals surface area contributed by atoms with Crippen molar-refractivity contribution in [1.29, 1.82) is 0 Å². The second kappa shape index (κ2) is 10.9. The molecule has 0 aromatic rings. The molecule has 0 saturated carbocycles. The molecule has 2 N–H and O–H groups in total. The molecule has 1 rings (SSSR count). The Kier molecular flexibility index (Phi) is 9.36. The van der Waals surface area contributed by atoms with Gasteiger partial charge in [-0.1, -0.05) is 0 Å². The molecule has 0 radical (unpaired) electrons. The molecule has 1 unspecified atom stereocenters. The first kappa shape index (κ1) is 17.2. The zero-order valence-corrected chi connectivity index (χ0v) is 13.2. The Morgan fingerprint density at radius 3 is 2.80 bits per heavy atom. The van der Waals surface area contributed by atoms with Gasteiger partial charge in [0.25, 0.3) is 0 Å². The fraction of sp³-hybridized carbons (Fsp3) is 0.929. The van der Waals surface area contributed by atoms with Crippen LogP contribution in [0.25, 0.3) is 0 Å². The Hall–Kier alpha value is -0.850. The normalized spacial score (nSPS) is 20.4. The standard InChI is InChI=1S/C14H30N4O2/c1-15-14(16-6-4-8-20-10-9-19-3)17-11-13-5-7-18(2)12-13/h13H,4-12H2,1-3H3,(H2,15,16,17). The number of likely N-dealkylation sites (tertiary alicyclic amines) is 1. The Morgan fingerprint density at radius 1 is 1.30 bits per heavy atom. The molecule has 1 fully saturated rings. The number of methoxy groups -OCH3 is 1. The maximum absolute atomic E-state index is 5.41. The van der Waals surface area contributed by atoms with Crippen molar-refractivity contribution < 1.29 is 9.47 Å². The molecule has 0 aromatic carbocycles. The fourth-order valence-electron chi connectivity index (χ4n) is 2.28. The molecule has 1 heterocycles. The molecule has 0 aliphatic carbocycles. The predicted octanol–water partition coefficient (Wildman–Crippen LogP) is 0.156. The third-order valence-electron chi connectivity index (χ3n) is 3.46. The molecular formula is C14H30N4O2. The monoisotopic (exact) mass is 286 g/mol. The van der Waals surface area contributed by atoms with E-state index in [0.29, 0.717) is 13.2 Å². The first-order chi connectivity index (χ1) is 9.76. The van der Waals surface area contributed by atoms with Gasteiger partial charge in [0.15, 0.2) is 5.96 Å². The molecule has 1 aliphatic rings. The van der Waals surface area contributed by atoms with Crippen LogP contribution in [-0.4, -0.2) is 78.1 Å². The van der Waals surface area contributed by atoms with Crippen LogP contribution in [0.5, 0.6) is 0 Å². The van der Waals surface area contributed by atoms with Gasteiger partial charge in [0.2, 0.25) is 0 Å². The van der Waals surface area contributed by atoms with Gasteiger partial charge in [0.05, 0.1) is 13.2 Å².